The lowest BCUT2D eigenvalue weighted by Gasteiger charge is -2.23. The van der Waals surface area contributed by atoms with E-state index < -0.39 is 22.2 Å². The summed E-state index contributed by atoms with van der Waals surface area (Å²) >= 11 is 0. The Kier molecular flexibility index (Phi) is 4.70. The number of benzene rings is 1. The Labute approximate surface area is 151 Å². The molecular formula is C17H20N2O6S. The normalized spacial score (nSPS) is 22.8. The fourth-order valence-electron chi connectivity index (χ4n) is 3.04. The monoisotopic (exact) mass is 380 g/mol. The fraction of sp³-hybridized carbons (Fsp3) is 0.471. The van der Waals surface area contributed by atoms with Gasteiger partial charge in [-0.05, 0) is 18.9 Å². The number of fused-ring (bicyclic) bond motifs is 1. The number of carbonyl (C=O) groups is 1. The van der Waals surface area contributed by atoms with Gasteiger partial charge in [-0.3, -0.25) is 4.79 Å². The van der Waals surface area contributed by atoms with Gasteiger partial charge in [-0.2, -0.15) is 4.31 Å². The highest BCUT2D eigenvalue weighted by atomic mass is 32.2. The van der Waals surface area contributed by atoms with Crippen molar-refractivity contribution in [1.82, 2.24) is 9.79 Å². The van der Waals surface area contributed by atoms with Gasteiger partial charge < -0.3 is 9.47 Å². The summed E-state index contributed by atoms with van der Waals surface area (Å²) in [7, 11) is -3.69. The first-order chi connectivity index (χ1) is 12.5. The van der Waals surface area contributed by atoms with Crippen LogP contribution >= 0.6 is 0 Å². The Balaban J connectivity index is 1.35. The molecule has 0 spiro atoms. The maximum absolute atomic E-state index is 12.7. The third-order valence-electron chi connectivity index (χ3n) is 4.66. The third-order valence-corrected chi connectivity index (χ3v) is 6.47. The van der Waals surface area contributed by atoms with Crippen molar-refractivity contribution in [3.63, 3.8) is 0 Å². The van der Waals surface area contributed by atoms with Crippen LogP contribution in [0.25, 0.3) is 0 Å². The number of ether oxygens (including phenoxy) is 2. The van der Waals surface area contributed by atoms with Crippen LogP contribution in [-0.4, -0.2) is 44.6 Å². The second-order valence-corrected chi connectivity index (χ2v) is 8.37. The molecule has 1 atom stereocenters. The van der Waals surface area contributed by atoms with Crippen LogP contribution in [0.2, 0.25) is 0 Å². The lowest BCUT2D eigenvalue weighted by Crippen LogP contribution is -2.36. The number of nitrogens with one attached hydrogen (secondary N) is 1. The molecule has 1 N–H and O–H groups in total. The predicted octanol–water partition coefficient (Wildman–Crippen LogP) is 1.08. The number of hydrogen-bond acceptors (Lipinski definition) is 6. The molecule has 3 aliphatic heterocycles. The highest BCUT2D eigenvalue weighted by Gasteiger charge is 2.32. The number of amides is 1. The van der Waals surface area contributed by atoms with Crippen LogP contribution in [0.5, 0.6) is 5.75 Å². The van der Waals surface area contributed by atoms with Gasteiger partial charge in [0.05, 0.1) is 4.90 Å². The minimum atomic E-state index is -3.69. The van der Waals surface area contributed by atoms with E-state index >= 15 is 0 Å². The summed E-state index contributed by atoms with van der Waals surface area (Å²) in [5.74, 6) is 0.148. The molecule has 9 heteroatoms. The van der Waals surface area contributed by atoms with Gasteiger partial charge >= 0.3 is 0 Å². The molecule has 8 nitrogen and oxygen atoms in total. The predicted molar refractivity (Wildman–Crippen MR) is 90.4 cm³/mol. The average molecular weight is 380 g/mol. The molecule has 1 unspecified atom stereocenters. The standard InChI is InChI=1S/C17H20N2O6S/c20-17(18-25-16-3-1-2-8-23-16)12-6-7-19(10-12)26(21,22)14-5-4-13-11-24-15(13)9-14/h4-6,9,16H,1-3,7-8,10-11H2,(H,18,20). The minimum Gasteiger partial charge on any atom is -0.488 e. The van der Waals surface area contributed by atoms with Crippen LogP contribution in [0, 0.1) is 0 Å². The number of nitrogens with zero attached hydrogens (tertiary/aromatic N) is 1. The minimum absolute atomic E-state index is 0.000985. The van der Waals surface area contributed by atoms with Crippen molar-refractivity contribution in [3.05, 3.63) is 35.4 Å². The molecular weight excluding hydrogens is 360 g/mol. The van der Waals surface area contributed by atoms with E-state index in [9.17, 15) is 13.2 Å². The third kappa shape index (κ3) is 3.35. The Hall–Kier alpha value is -1.94. The number of hydroxylamine groups is 1. The summed E-state index contributed by atoms with van der Waals surface area (Å²) in [6, 6.07) is 4.84. The molecule has 1 aromatic rings. The van der Waals surface area contributed by atoms with Crippen molar-refractivity contribution in [3.8, 4) is 5.75 Å². The largest absolute Gasteiger partial charge is 0.488 e. The van der Waals surface area contributed by atoms with E-state index in [4.69, 9.17) is 14.3 Å². The lowest BCUT2D eigenvalue weighted by molar-refractivity contribution is -0.198. The summed E-state index contributed by atoms with van der Waals surface area (Å²) in [6.45, 7) is 1.26. The quantitative estimate of drug-likeness (QED) is 0.769. The summed E-state index contributed by atoms with van der Waals surface area (Å²) in [6.07, 6.45) is 3.84. The molecule has 0 aliphatic carbocycles. The zero-order valence-electron chi connectivity index (χ0n) is 14.1. The van der Waals surface area contributed by atoms with E-state index in [2.05, 4.69) is 5.48 Å². The van der Waals surface area contributed by atoms with Crippen LogP contribution < -0.4 is 10.2 Å². The molecule has 140 valence electrons. The lowest BCUT2D eigenvalue weighted by atomic mass is 10.1. The SMILES string of the molecule is O=C(NOC1CCCCO1)C1=CCN(S(=O)(=O)c2ccc3c(c2)OC3)C1. The van der Waals surface area contributed by atoms with Gasteiger partial charge in [0.15, 0.2) is 6.29 Å². The summed E-state index contributed by atoms with van der Waals surface area (Å²) in [5, 5.41) is 0. The zero-order valence-corrected chi connectivity index (χ0v) is 15.0. The van der Waals surface area contributed by atoms with Gasteiger partial charge in [-0.1, -0.05) is 12.1 Å². The van der Waals surface area contributed by atoms with E-state index in [1.54, 1.807) is 18.2 Å². The highest BCUT2D eigenvalue weighted by Crippen LogP contribution is 2.32. The molecule has 0 radical (unpaired) electrons. The molecule has 26 heavy (non-hydrogen) atoms. The zero-order chi connectivity index (χ0) is 18.1. The molecule has 3 aliphatic rings. The average Bonchev–Trinajstić information content (AvgIpc) is 3.12. The van der Waals surface area contributed by atoms with Crippen molar-refractivity contribution < 1.29 is 27.5 Å². The maximum Gasteiger partial charge on any atom is 0.271 e. The highest BCUT2D eigenvalue weighted by molar-refractivity contribution is 7.89. The van der Waals surface area contributed by atoms with E-state index in [-0.39, 0.29) is 18.0 Å². The van der Waals surface area contributed by atoms with Gasteiger partial charge in [0.1, 0.15) is 12.4 Å². The first-order valence-electron chi connectivity index (χ1n) is 8.56. The molecule has 1 aromatic carbocycles. The Morgan fingerprint density at radius 3 is 2.88 bits per heavy atom. The van der Waals surface area contributed by atoms with Crippen molar-refractivity contribution in [2.45, 2.75) is 37.1 Å². The first kappa shape index (κ1) is 17.5. The number of rotatable bonds is 5. The summed E-state index contributed by atoms with van der Waals surface area (Å²) in [4.78, 5) is 17.6. The second kappa shape index (κ2) is 6.99. The smallest absolute Gasteiger partial charge is 0.271 e. The van der Waals surface area contributed by atoms with Crippen molar-refractivity contribution in [2.24, 2.45) is 0 Å². The molecule has 0 saturated carbocycles. The Bertz CT molecular complexity index is 845. The Morgan fingerprint density at radius 1 is 1.31 bits per heavy atom. The summed E-state index contributed by atoms with van der Waals surface area (Å²) in [5.41, 5.74) is 3.70. The van der Waals surface area contributed by atoms with Crippen LogP contribution in [0.3, 0.4) is 0 Å². The molecule has 0 bridgehead atoms. The summed E-state index contributed by atoms with van der Waals surface area (Å²) < 4.78 is 37.4. The van der Waals surface area contributed by atoms with E-state index in [0.29, 0.717) is 24.5 Å². The fourth-order valence-corrected chi connectivity index (χ4v) is 4.41. The molecule has 3 heterocycles. The molecule has 1 amide bonds. The van der Waals surface area contributed by atoms with Gasteiger partial charge in [-0.15, -0.1) is 0 Å². The molecule has 4 rings (SSSR count). The van der Waals surface area contributed by atoms with E-state index in [1.165, 1.54) is 10.4 Å². The Morgan fingerprint density at radius 2 is 2.19 bits per heavy atom. The van der Waals surface area contributed by atoms with Crippen LogP contribution in [0.4, 0.5) is 0 Å². The van der Waals surface area contributed by atoms with Gasteiger partial charge in [0.2, 0.25) is 10.0 Å². The van der Waals surface area contributed by atoms with Crippen LogP contribution in [-0.2, 0) is 31.0 Å². The number of carbonyl (C=O) groups excluding carboxylic acids is 1. The van der Waals surface area contributed by atoms with E-state index in [1.807, 2.05) is 0 Å². The van der Waals surface area contributed by atoms with Crippen molar-refractivity contribution in [2.75, 3.05) is 19.7 Å². The van der Waals surface area contributed by atoms with Gasteiger partial charge in [-0.25, -0.2) is 18.7 Å². The molecule has 1 fully saturated rings. The van der Waals surface area contributed by atoms with Gasteiger partial charge in [0.25, 0.3) is 5.91 Å². The van der Waals surface area contributed by atoms with E-state index in [0.717, 1.165) is 24.8 Å². The van der Waals surface area contributed by atoms with Crippen molar-refractivity contribution >= 4 is 15.9 Å². The first-order valence-corrected chi connectivity index (χ1v) is 10.0. The number of sulfonamides is 1. The molecule has 1 saturated heterocycles. The van der Waals surface area contributed by atoms with Gasteiger partial charge in [0, 0.05) is 43.3 Å². The topological polar surface area (TPSA) is 94.2 Å². The van der Waals surface area contributed by atoms with Crippen molar-refractivity contribution in [1.29, 1.82) is 0 Å². The van der Waals surface area contributed by atoms with Crippen LogP contribution in [0.1, 0.15) is 24.8 Å². The number of hydrogen-bond donors (Lipinski definition) is 1. The maximum atomic E-state index is 12.7. The molecule has 0 aromatic heterocycles. The second-order valence-electron chi connectivity index (χ2n) is 6.43. The van der Waals surface area contributed by atoms with Crippen LogP contribution in [0.15, 0.2) is 34.7 Å².